The summed E-state index contributed by atoms with van der Waals surface area (Å²) in [5.41, 5.74) is 2.12. The van der Waals surface area contributed by atoms with E-state index < -0.39 is 11.8 Å². The van der Waals surface area contributed by atoms with Gasteiger partial charge in [0.05, 0.1) is 17.8 Å². The summed E-state index contributed by atoms with van der Waals surface area (Å²) in [6, 6.07) is 11.4. The lowest BCUT2D eigenvalue weighted by Crippen LogP contribution is -2.20. The van der Waals surface area contributed by atoms with Crippen LogP contribution in [0.5, 0.6) is 11.5 Å². The van der Waals surface area contributed by atoms with Gasteiger partial charge in [0.1, 0.15) is 11.6 Å². The minimum atomic E-state index is -0.618. The van der Waals surface area contributed by atoms with Gasteiger partial charge in [-0.05, 0) is 61.9 Å². The van der Waals surface area contributed by atoms with Crippen LogP contribution >= 0.6 is 0 Å². The second-order valence-corrected chi connectivity index (χ2v) is 7.07. The highest BCUT2D eigenvalue weighted by molar-refractivity contribution is 6.00. The molecule has 0 fully saturated rings. The van der Waals surface area contributed by atoms with Crippen LogP contribution in [-0.4, -0.2) is 20.7 Å². The van der Waals surface area contributed by atoms with Crippen LogP contribution in [-0.2, 0) is 6.61 Å². The van der Waals surface area contributed by atoms with Gasteiger partial charge in [0, 0.05) is 29.0 Å². The summed E-state index contributed by atoms with van der Waals surface area (Å²) in [5, 5.41) is 12.1. The maximum atomic E-state index is 15.1. The zero-order valence-electron chi connectivity index (χ0n) is 16.8. The third-order valence-electron chi connectivity index (χ3n) is 4.86. The maximum absolute atomic E-state index is 15.1. The molecule has 0 aliphatic carbocycles. The molecule has 2 heterocycles. The summed E-state index contributed by atoms with van der Waals surface area (Å²) < 4.78 is 35.6. The second-order valence-electron chi connectivity index (χ2n) is 7.07. The Kier molecular flexibility index (Phi) is 5.39. The predicted molar refractivity (Wildman–Crippen MR) is 112 cm³/mol. The minimum Gasteiger partial charge on any atom is -0.454 e. The number of aliphatic hydroxyl groups excluding tert-OH is 1. The summed E-state index contributed by atoms with van der Waals surface area (Å²) in [6.07, 6.45) is 1.46. The van der Waals surface area contributed by atoms with E-state index in [0.717, 1.165) is 0 Å². The van der Waals surface area contributed by atoms with Gasteiger partial charge in [0.25, 0.3) is 0 Å². The third kappa shape index (κ3) is 3.97. The lowest BCUT2D eigenvalue weighted by Gasteiger charge is -2.11. The van der Waals surface area contributed by atoms with Crippen molar-refractivity contribution in [3.05, 3.63) is 83.3 Å². The summed E-state index contributed by atoms with van der Waals surface area (Å²) >= 11 is 0. The highest BCUT2D eigenvalue weighted by Crippen LogP contribution is 2.32. The van der Waals surface area contributed by atoms with Crippen molar-refractivity contribution >= 4 is 22.6 Å². The Hall–Kier alpha value is -3.78. The molecular weight excluding hydrogens is 404 g/mol. The molecule has 0 atom stereocenters. The van der Waals surface area contributed by atoms with E-state index in [-0.39, 0.29) is 23.6 Å². The molecule has 0 saturated heterocycles. The largest absolute Gasteiger partial charge is 0.454 e. The molecular formula is C23H19F2N3O3. The molecule has 2 aromatic heterocycles. The predicted octanol–water partition coefficient (Wildman–Crippen LogP) is 5.30. The van der Waals surface area contributed by atoms with Crippen LogP contribution in [0, 0.1) is 25.5 Å². The van der Waals surface area contributed by atoms with Crippen molar-refractivity contribution in [1.29, 1.82) is 0 Å². The van der Waals surface area contributed by atoms with Crippen LogP contribution in [0.1, 0.15) is 17.0 Å². The quantitative estimate of drug-likeness (QED) is 0.467. The van der Waals surface area contributed by atoms with Crippen LogP contribution < -0.4 is 10.1 Å². The van der Waals surface area contributed by atoms with Gasteiger partial charge >= 0.3 is 6.03 Å². The molecule has 2 aromatic carbocycles. The molecule has 0 unspecified atom stereocenters. The lowest BCUT2D eigenvalue weighted by molar-refractivity contribution is 0.254. The van der Waals surface area contributed by atoms with E-state index in [9.17, 15) is 14.3 Å². The van der Waals surface area contributed by atoms with Gasteiger partial charge < -0.3 is 15.2 Å². The van der Waals surface area contributed by atoms with Crippen molar-refractivity contribution in [2.45, 2.75) is 20.5 Å². The van der Waals surface area contributed by atoms with Gasteiger partial charge in [0.2, 0.25) is 0 Å². The number of hydrogen-bond donors (Lipinski definition) is 2. The molecule has 0 saturated carbocycles. The molecule has 4 rings (SSSR count). The van der Waals surface area contributed by atoms with Crippen LogP contribution in [0.3, 0.4) is 0 Å². The number of ether oxygens (including phenoxy) is 1. The number of carbonyl (C=O) groups excluding carboxylic acids is 1. The number of aromatic nitrogens is 2. The number of anilines is 1. The number of hydrogen-bond acceptors (Lipinski definition) is 4. The number of rotatable bonds is 4. The van der Waals surface area contributed by atoms with Gasteiger partial charge in [-0.3, -0.25) is 9.55 Å². The van der Waals surface area contributed by atoms with Gasteiger partial charge in [-0.25, -0.2) is 13.6 Å². The Balaban J connectivity index is 1.66. The molecule has 0 aliphatic rings. The molecule has 31 heavy (non-hydrogen) atoms. The van der Waals surface area contributed by atoms with Crippen LogP contribution in [0.25, 0.3) is 10.9 Å². The van der Waals surface area contributed by atoms with E-state index >= 15 is 4.39 Å². The molecule has 0 bridgehead atoms. The first-order valence-electron chi connectivity index (χ1n) is 9.49. The molecule has 0 radical (unpaired) electrons. The number of fused-ring (bicyclic) bond motifs is 1. The van der Waals surface area contributed by atoms with Crippen LogP contribution in [0.15, 0.2) is 54.7 Å². The normalized spacial score (nSPS) is 11.0. The Bertz CT molecular complexity index is 1300. The molecule has 2 N–H and O–H groups in total. The molecule has 8 heteroatoms. The molecule has 0 spiro atoms. The second kappa shape index (κ2) is 8.16. The van der Waals surface area contributed by atoms with E-state index in [1.807, 2.05) is 0 Å². The number of nitrogens with one attached hydrogen (secondary N) is 1. The molecule has 1 amide bonds. The Morgan fingerprint density at radius 2 is 1.94 bits per heavy atom. The van der Waals surface area contributed by atoms with E-state index in [1.165, 1.54) is 41.1 Å². The highest BCUT2D eigenvalue weighted by Gasteiger charge is 2.19. The minimum absolute atomic E-state index is 0.0192. The first kappa shape index (κ1) is 20.5. The number of aryl methyl sites for hydroxylation is 2. The number of benzene rings is 2. The average Bonchev–Trinajstić information content (AvgIpc) is 3.10. The number of pyridine rings is 1. The average molecular weight is 423 g/mol. The lowest BCUT2D eigenvalue weighted by atomic mass is 10.2. The number of aliphatic hydroxyl groups is 1. The molecule has 0 aliphatic heterocycles. The smallest absolute Gasteiger partial charge is 0.330 e. The first-order chi connectivity index (χ1) is 14.9. The fraction of sp³-hybridized carbons (Fsp3) is 0.130. The topological polar surface area (TPSA) is 76.4 Å². The van der Waals surface area contributed by atoms with E-state index in [4.69, 9.17) is 4.74 Å². The van der Waals surface area contributed by atoms with Crippen molar-refractivity contribution in [1.82, 2.24) is 9.55 Å². The fourth-order valence-electron chi connectivity index (χ4n) is 3.34. The van der Waals surface area contributed by atoms with Crippen molar-refractivity contribution < 1.29 is 23.4 Å². The number of nitrogens with zero attached hydrogens (tertiary/aromatic N) is 2. The van der Waals surface area contributed by atoms with E-state index in [1.54, 1.807) is 32.0 Å². The van der Waals surface area contributed by atoms with Gasteiger partial charge in [0.15, 0.2) is 11.6 Å². The summed E-state index contributed by atoms with van der Waals surface area (Å²) in [7, 11) is 0. The van der Waals surface area contributed by atoms with E-state index in [2.05, 4.69) is 10.3 Å². The SMILES string of the molecule is Cc1cc(NC(=O)n2c(C)cc3c(F)c(Oc4ccnc(CO)c4)ccc32)ccc1F. The maximum Gasteiger partial charge on any atom is 0.330 e. The number of halogens is 2. The van der Waals surface area contributed by atoms with E-state index in [0.29, 0.717) is 33.9 Å². The van der Waals surface area contributed by atoms with Crippen LogP contribution in [0.2, 0.25) is 0 Å². The molecule has 158 valence electrons. The Labute approximate surface area is 176 Å². The molecule has 4 aromatic rings. The number of amides is 1. The summed E-state index contributed by atoms with van der Waals surface area (Å²) in [4.78, 5) is 16.8. The Morgan fingerprint density at radius 1 is 1.13 bits per heavy atom. The zero-order chi connectivity index (χ0) is 22.1. The fourth-order valence-corrected chi connectivity index (χ4v) is 3.34. The third-order valence-corrected chi connectivity index (χ3v) is 4.86. The highest BCUT2D eigenvalue weighted by atomic mass is 19.1. The standard InChI is InChI=1S/C23H19F2N3O3/c1-13-9-15(3-4-19(13)24)27-23(30)28-14(2)10-18-20(28)5-6-21(22(18)25)31-17-7-8-26-16(11-17)12-29/h3-11,29H,12H2,1-2H3,(H,27,30). The van der Waals surface area contributed by atoms with Crippen molar-refractivity contribution in [2.75, 3.05) is 5.32 Å². The summed E-state index contributed by atoms with van der Waals surface area (Å²) in [5.74, 6) is -0.671. The van der Waals surface area contributed by atoms with Crippen LogP contribution in [0.4, 0.5) is 19.3 Å². The van der Waals surface area contributed by atoms with Crippen molar-refractivity contribution in [2.24, 2.45) is 0 Å². The van der Waals surface area contributed by atoms with Crippen molar-refractivity contribution in [3.63, 3.8) is 0 Å². The van der Waals surface area contributed by atoms with Crippen molar-refractivity contribution in [3.8, 4) is 11.5 Å². The number of carbonyl (C=O) groups is 1. The summed E-state index contributed by atoms with van der Waals surface area (Å²) in [6.45, 7) is 3.03. The van der Waals surface area contributed by atoms with Gasteiger partial charge in [-0.1, -0.05) is 0 Å². The Morgan fingerprint density at radius 3 is 2.68 bits per heavy atom. The monoisotopic (exact) mass is 423 g/mol. The first-order valence-corrected chi connectivity index (χ1v) is 9.49. The van der Waals surface area contributed by atoms with Gasteiger partial charge in [-0.2, -0.15) is 0 Å². The van der Waals surface area contributed by atoms with Gasteiger partial charge in [-0.15, -0.1) is 0 Å². The molecule has 6 nitrogen and oxygen atoms in total. The zero-order valence-corrected chi connectivity index (χ0v) is 16.8.